The van der Waals surface area contributed by atoms with Gasteiger partial charge in [-0.05, 0) is 24.1 Å². The summed E-state index contributed by atoms with van der Waals surface area (Å²) >= 11 is 1.39. The number of unbranched alkanes of at least 4 members (excludes halogenated alkanes) is 1. The summed E-state index contributed by atoms with van der Waals surface area (Å²) < 4.78 is 30.4. The summed E-state index contributed by atoms with van der Waals surface area (Å²) in [5.74, 6) is 0.668. The third-order valence-corrected chi connectivity index (χ3v) is 8.56. The monoisotopic (exact) mass is 458 g/mol. The van der Waals surface area contributed by atoms with Crippen LogP contribution < -0.4 is 9.64 Å². The molecule has 2 atom stereocenters. The Hall–Kier alpha value is -2.32. The van der Waals surface area contributed by atoms with Gasteiger partial charge in [0.15, 0.2) is 15.0 Å². The van der Waals surface area contributed by atoms with E-state index in [0.717, 1.165) is 29.8 Å². The molecule has 2 aromatic carbocycles. The van der Waals surface area contributed by atoms with Crippen LogP contribution in [-0.4, -0.2) is 48.9 Å². The Morgan fingerprint density at radius 1 is 1.16 bits per heavy atom. The Morgan fingerprint density at radius 2 is 1.97 bits per heavy atom. The Balaban J connectivity index is 1.61. The van der Waals surface area contributed by atoms with Crippen molar-refractivity contribution in [3.05, 3.63) is 60.2 Å². The first kappa shape index (κ1) is 21.9. The molecule has 4 rings (SSSR count). The number of hydrogen-bond donors (Lipinski definition) is 0. The first-order valence-electron chi connectivity index (χ1n) is 10.5. The maximum atomic E-state index is 12.7. The number of thioether (sulfide) groups is 1. The van der Waals surface area contributed by atoms with E-state index >= 15 is 0 Å². The van der Waals surface area contributed by atoms with Gasteiger partial charge in [-0.2, -0.15) is 4.99 Å². The fourth-order valence-electron chi connectivity index (χ4n) is 3.84. The molecule has 2 aromatic rings. The van der Waals surface area contributed by atoms with Crippen LogP contribution in [0.15, 0.2) is 59.6 Å². The maximum absolute atomic E-state index is 12.7. The molecular weight excluding hydrogens is 432 g/mol. The molecule has 2 saturated heterocycles. The van der Waals surface area contributed by atoms with Gasteiger partial charge in [0.2, 0.25) is 0 Å². The highest BCUT2D eigenvalue weighted by Crippen LogP contribution is 2.41. The largest absolute Gasteiger partial charge is 0.494 e. The average Bonchev–Trinajstić information content (AvgIpc) is 3.19. The summed E-state index contributed by atoms with van der Waals surface area (Å²) in [7, 11) is -3.11. The number of sulfone groups is 1. The second kappa shape index (κ2) is 9.44. The molecule has 0 aliphatic carbocycles. The Bertz CT molecular complexity index is 1070. The lowest BCUT2D eigenvalue weighted by molar-refractivity contribution is -0.117. The van der Waals surface area contributed by atoms with Crippen LogP contribution >= 0.6 is 11.8 Å². The number of benzene rings is 2. The molecule has 0 aromatic heterocycles. The highest BCUT2D eigenvalue weighted by Gasteiger charge is 2.49. The van der Waals surface area contributed by atoms with Crippen LogP contribution in [-0.2, 0) is 21.1 Å². The van der Waals surface area contributed by atoms with Crippen LogP contribution in [0.2, 0.25) is 0 Å². The highest BCUT2D eigenvalue weighted by molar-refractivity contribution is 8.16. The second-order valence-corrected chi connectivity index (χ2v) is 11.2. The van der Waals surface area contributed by atoms with Crippen molar-refractivity contribution < 1.29 is 17.9 Å². The molecule has 0 N–H and O–H groups in total. The Morgan fingerprint density at radius 3 is 2.74 bits per heavy atom. The number of carbonyl (C=O) groups is 1. The summed E-state index contributed by atoms with van der Waals surface area (Å²) in [5.41, 5.74) is 1.71. The quantitative estimate of drug-likeness (QED) is 0.589. The molecule has 0 radical (unpaired) electrons. The molecule has 164 valence electrons. The first-order valence-corrected chi connectivity index (χ1v) is 13.2. The van der Waals surface area contributed by atoms with Crippen molar-refractivity contribution >= 4 is 38.4 Å². The van der Waals surface area contributed by atoms with Crippen LogP contribution in [0.4, 0.5) is 5.69 Å². The van der Waals surface area contributed by atoms with Gasteiger partial charge < -0.3 is 9.64 Å². The zero-order chi connectivity index (χ0) is 21.8. The summed E-state index contributed by atoms with van der Waals surface area (Å²) in [6, 6.07) is 16.9. The van der Waals surface area contributed by atoms with Crippen molar-refractivity contribution in [3.8, 4) is 5.75 Å². The normalized spacial score (nSPS) is 23.1. The average molecular weight is 459 g/mol. The van der Waals surface area contributed by atoms with E-state index in [1.807, 2.05) is 59.5 Å². The van der Waals surface area contributed by atoms with Crippen LogP contribution in [0.5, 0.6) is 5.75 Å². The highest BCUT2D eigenvalue weighted by atomic mass is 32.2. The van der Waals surface area contributed by atoms with Crippen molar-refractivity contribution in [3.63, 3.8) is 0 Å². The van der Waals surface area contributed by atoms with E-state index in [1.54, 1.807) is 0 Å². The smallest absolute Gasteiger partial charge is 0.252 e. The standard InChI is InChI=1S/C23H26N2O4S2/c1-2-3-12-29-19-11-7-10-18(14-19)25-20-15-31(27,28)16-21(20)30-23(25)24-22(26)13-17-8-5-4-6-9-17/h4-11,14,20-21H,2-3,12-13,15-16H2,1H3. The predicted molar refractivity (Wildman–Crippen MR) is 126 cm³/mol. The third-order valence-electron chi connectivity index (χ3n) is 5.35. The number of carbonyl (C=O) groups excluding carboxylic acids is 1. The third kappa shape index (κ3) is 5.30. The van der Waals surface area contributed by atoms with Crippen molar-refractivity contribution in [2.75, 3.05) is 23.0 Å². The Kier molecular flexibility index (Phi) is 6.67. The van der Waals surface area contributed by atoms with E-state index in [0.29, 0.717) is 11.8 Å². The van der Waals surface area contributed by atoms with Gasteiger partial charge >= 0.3 is 0 Å². The van der Waals surface area contributed by atoms with Gasteiger partial charge in [0.1, 0.15) is 5.75 Å². The summed E-state index contributed by atoms with van der Waals surface area (Å²) in [4.78, 5) is 19.0. The van der Waals surface area contributed by atoms with Crippen LogP contribution in [0.1, 0.15) is 25.3 Å². The molecule has 2 unspecified atom stereocenters. The molecule has 1 amide bonds. The number of ether oxygens (including phenoxy) is 1. The van der Waals surface area contributed by atoms with E-state index in [-0.39, 0.29) is 35.1 Å². The number of rotatable bonds is 7. The van der Waals surface area contributed by atoms with Gasteiger partial charge in [0, 0.05) is 17.0 Å². The predicted octanol–water partition coefficient (Wildman–Crippen LogP) is 3.71. The molecule has 0 spiro atoms. The number of fused-ring (bicyclic) bond motifs is 1. The number of amides is 1. The van der Waals surface area contributed by atoms with Crippen molar-refractivity contribution in [2.24, 2.45) is 4.99 Å². The fraction of sp³-hybridized carbons (Fsp3) is 0.391. The van der Waals surface area contributed by atoms with Gasteiger partial charge in [0.25, 0.3) is 5.91 Å². The number of anilines is 1. The molecule has 2 heterocycles. The molecule has 8 heteroatoms. The lowest BCUT2D eigenvalue weighted by Gasteiger charge is -2.25. The number of hydrogen-bond acceptors (Lipinski definition) is 5. The molecule has 2 aliphatic heterocycles. The molecule has 2 fully saturated rings. The van der Waals surface area contributed by atoms with Gasteiger partial charge in [0.05, 0.1) is 30.6 Å². The first-order chi connectivity index (χ1) is 14.9. The molecule has 31 heavy (non-hydrogen) atoms. The fourth-order valence-corrected chi connectivity index (χ4v) is 7.77. The number of amidine groups is 1. The van der Waals surface area contributed by atoms with Crippen LogP contribution in [0.25, 0.3) is 0 Å². The minimum Gasteiger partial charge on any atom is -0.494 e. The summed E-state index contributed by atoms with van der Waals surface area (Å²) in [6.07, 6.45) is 2.23. The van der Waals surface area contributed by atoms with Crippen LogP contribution in [0, 0.1) is 0 Å². The van der Waals surface area contributed by atoms with Gasteiger partial charge in [-0.3, -0.25) is 4.79 Å². The maximum Gasteiger partial charge on any atom is 0.252 e. The van der Waals surface area contributed by atoms with E-state index in [9.17, 15) is 13.2 Å². The molecule has 2 aliphatic rings. The van der Waals surface area contributed by atoms with E-state index in [4.69, 9.17) is 4.74 Å². The molecule has 6 nitrogen and oxygen atoms in total. The SMILES string of the molecule is CCCCOc1cccc(N2C(=NC(=O)Cc3ccccc3)SC3CS(=O)(=O)CC32)c1. The van der Waals surface area contributed by atoms with Crippen LogP contribution in [0.3, 0.4) is 0 Å². The number of nitrogens with zero attached hydrogens (tertiary/aromatic N) is 2. The number of aliphatic imine (C=N–C) groups is 1. The van der Waals surface area contributed by atoms with E-state index in [1.165, 1.54) is 11.8 Å². The summed E-state index contributed by atoms with van der Waals surface area (Å²) in [5, 5.41) is 0.439. The van der Waals surface area contributed by atoms with Crippen molar-refractivity contribution in [1.29, 1.82) is 0 Å². The van der Waals surface area contributed by atoms with E-state index < -0.39 is 9.84 Å². The second-order valence-electron chi connectivity index (χ2n) is 7.82. The molecular formula is C23H26N2O4S2. The van der Waals surface area contributed by atoms with E-state index in [2.05, 4.69) is 11.9 Å². The Labute approximate surface area is 187 Å². The zero-order valence-corrected chi connectivity index (χ0v) is 19.1. The minimum absolute atomic E-state index is 0.0669. The van der Waals surface area contributed by atoms with Gasteiger partial charge in [-0.25, -0.2) is 8.42 Å². The lowest BCUT2D eigenvalue weighted by Crippen LogP contribution is -2.37. The zero-order valence-electron chi connectivity index (χ0n) is 17.4. The topological polar surface area (TPSA) is 76.0 Å². The minimum atomic E-state index is -3.11. The van der Waals surface area contributed by atoms with Gasteiger partial charge in [-0.1, -0.05) is 61.5 Å². The lowest BCUT2D eigenvalue weighted by atomic mass is 10.1. The molecule has 0 bridgehead atoms. The molecule has 0 saturated carbocycles. The van der Waals surface area contributed by atoms with Gasteiger partial charge in [-0.15, -0.1) is 0 Å². The van der Waals surface area contributed by atoms with Crippen molar-refractivity contribution in [1.82, 2.24) is 0 Å². The summed E-state index contributed by atoms with van der Waals surface area (Å²) in [6.45, 7) is 2.74. The van der Waals surface area contributed by atoms with Crippen molar-refractivity contribution in [2.45, 2.75) is 37.5 Å².